The third kappa shape index (κ3) is 29.5. The van der Waals surface area contributed by atoms with Crippen LogP contribution in [-0.4, -0.2) is 0 Å². The molecular formula is C107H208. The average molecular weight is 1490 g/mol. The predicted octanol–water partition coefficient (Wildman–Crippen LogP) is 36.2. The van der Waals surface area contributed by atoms with E-state index in [9.17, 15) is 0 Å². The molecule has 0 radical (unpaired) electrons. The van der Waals surface area contributed by atoms with Crippen LogP contribution in [0.4, 0.5) is 0 Å². The molecule has 107 heavy (non-hydrogen) atoms. The van der Waals surface area contributed by atoms with Crippen molar-refractivity contribution < 1.29 is 0 Å². The fourth-order valence-electron chi connectivity index (χ4n) is 31.2. The standard InChI is InChI=1S/3C12H24.3C11H22.2C10H18.C9H16.C9H18/c1-10(2)7-11(3,4)9-12(5,6)8-10;1-9(2)10-11(3,4)7-8-12(10,5)6;1-6-10-7-11(2,3)9-12(4,5)8-10;1-9-6-10(2,3)8-11(4,5)7-9;1-9-10(2,3)7-6-8-11(9,4)5;1-6-9-10(2,3)7-8-11(9,4)5;1-7-8-4-5-9(6-8)10(7,2)3;1-3-10-7(2)8-4-5-9(10)6-8;1-6-7(2)9-4-3-8(6)5-9;1-8-4-6-9(2,3)7-5-8/h7-9H2,1-6H3;9-10H,7-8H2,1-6H3;10H,6-9H2,1-5H3;3*9H,6-8H2,1-5H3;7-9H,4-6H2,1-3H3;7-10H,3-6H2,1-2H3;6-9H,3-5H2,1-2H3;8H,4-7H2,1-3H3/t;;;;;;7-,8?,9?;;6-,7?,8?,9?;/m......1.0./s1. The Morgan fingerprint density at radius 3 is 0.879 bits per heavy atom. The SMILES string of the molecule is CC(C)C1C(C)(C)CCC1(C)C.CC1(C)CC(C)(C)CC(C)(C)C1.CC1C(C)(C)CCCC1(C)C.CC1C2CCC(C2)[C@H]1C.CC1CC(C)(C)CC(C)(C)C1.CC1CCC(C)(C)CC1.CCC1C(C)(C)CCC1(C)C.CCC1C2CCC(C2)C1C.CCC1CC(C)(C)CC(C)(C)C1.C[C@@H]1C2CCC(C2)C1(C)C. The van der Waals surface area contributed by atoms with Gasteiger partial charge in [0.05, 0.1) is 0 Å². The summed E-state index contributed by atoms with van der Waals surface area (Å²) in [5, 5.41) is 0. The molecule has 0 spiro atoms. The van der Waals surface area contributed by atoms with Crippen molar-refractivity contribution in [3.8, 4) is 0 Å². The van der Waals surface area contributed by atoms with Crippen molar-refractivity contribution >= 4 is 0 Å². The van der Waals surface area contributed by atoms with Crippen LogP contribution in [0.3, 0.4) is 0 Å². The van der Waals surface area contributed by atoms with E-state index in [0.717, 1.165) is 107 Å². The third-order valence-corrected chi connectivity index (χ3v) is 35.2. The molecule has 11 atom stereocenters. The summed E-state index contributed by atoms with van der Waals surface area (Å²) >= 11 is 0. The molecule has 0 aromatic rings. The Bertz CT molecular complexity index is 2400. The zero-order valence-electron chi connectivity index (χ0n) is 82.5. The van der Waals surface area contributed by atoms with E-state index in [2.05, 4.69) is 291 Å². The molecular weight excluding hydrogens is 1290 g/mol. The molecule has 0 nitrogen and oxygen atoms in total. The monoisotopic (exact) mass is 1490 g/mol. The van der Waals surface area contributed by atoms with Gasteiger partial charge in [-0.1, -0.05) is 329 Å². The summed E-state index contributed by atoms with van der Waals surface area (Å²) in [5.74, 6) is 18.3. The molecule has 13 aliphatic rings. The molecule has 0 aromatic heterocycles. The van der Waals surface area contributed by atoms with Gasteiger partial charge >= 0.3 is 0 Å². The second-order valence-corrected chi connectivity index (χ2v) is 54.0. The summed E-state index contributed by atoms with van der Waals surface area (Å²) in [7, 11) is 0. The molecule has 0 aromatic carbocycles. The minimum atomic E-state index is 0.547. The van der Waals surface area contributed by atoms with Crippen molar-refractivity contribution in [2.75, 3.05) is 0 Å². The molecule has 0 saturated heterocycles. The van der Waals surface area contributed by atoms with Crippen molar-refractivity contribution in [3.05, 3.63) is 0 Å². The maximum atomic E-state index is 2.47. The first-order valence-corrected chi connectivity index (χ1v) is 48.1. The van der Waals surface area contributed by atoms with Crippen LogP contribution in [0.1, 0.15) is 496 Å². The molecule has 0 N–H and O–H groups in total. The maximum absolute atomic E-state index is 2.47. The quantitative estimate of drug-likeness (QED) is 0.263. The van der Waals surface area contributed by atoms with Crippen molar-refractivity contribution in [1.29, 1.82) is 0 Å². The van der Waals surface area contributed by atoms with E-state index in [1.165, 1.54) is 180 Å². The summed E-state index contributed by atoms with van der Waals surface area (Å²) in [6, 6.07) is 0. The van der Waals surface area contributed by atoms with Gasteiger partial charge in [-0.05, 0) is 355 Å². The number of hydrogen-bond acceptors (Lipinski definition) is 0. The molecule has 636 valence electrons. The first-order valence-electron chi connectivity index (χ1n) is 48.1. The van der Waals surface area contributed by atoms with Crippen LogP contribution < -0.4 is 0 Å². The molecule has 13 aliphatic carbocycles. The first kappa shape index (κ1) is 99.4. The topological polar surface area (TPSA) is 0 Å². The summed E-state index contributed by atoms with van der Waals surface area (Å²) < 4.78 is 0. The smallest absolute Gasteiger partial charge is 0.0288 e. The van der Waals surface area contributed by atoms with Crippen LogP contribution >= 0.6 is 0 Å². The van der Waals surface area contributed by atoms with Gasteiger partial charge in [0, 0.05) is 0 Å². The Balaban J connectivity index is 0.000000252. The van der Waals surface area contributed by atoms with Gasteiger partial charge in [-0.3, -0.25) is 0 Å². The molecule has 9 unspecified atom stereocenters. The van der Waals surface area contributed by atoms with Crippen molar-refractivity contribution in [2.45, 2.75) is 496 Å². The molecule has 13 rings (SSSR count). The molecule has 13 fully saturated rings. The highest BCUT2D eigenvalue weighted by Gasteiger charge is 2.52. The van der Waals surface area contributed by atoms with Gasteiger partial charge in [0.1, 0.15) is 0 Å². The largest absolute Gasteiger partial charge is 0.0651 e. The highest BCUT2D eigenvalue weighted by atomic mass is 14.6. The number of fused-ring (bicyclic) bond motifs is 6. The first-order chi connectivity index (χ1) is 48.1. The van der Waals surface area contributed by atoms with Crippen LogP contribution in [0.2, 0.25) is 0 Å². The molecule has 0 heterocycles. The lowest BCUT2D eigenvalue weighted by atomic mass is 9.56. The van der Waals surface area contributed by atoms with Gasteiger partial charge in [0.2, 0.25) is 0 Å². The zero-order valence-corrected chi connectivity index (χ0v) is 82.5. The average Bonchev–Trinajstić information content (AvgIpc) is 1.69. The van der Waals surface area contributed by atoms with Crippen LogP contribution in [0.25, 0.3) is 0 Å². The summed E-state index contributed by atoms with van der Waals surface area (Å²) in [6.45, 7) is 101. The van der Waals surface area contributed by atoms with E-state index in [-0.39, 0.29) is 0 Å². The van der Waals surface area contributed by atoms with E-state index >= 15 is 0 Å². The minimum Gasteiger partial charge on any atom is -0.0651 e. The third-order valence-electron chi connectivity index (χ3n) is 35.2. The van der Waals surface area contributed by atoms with Crippen LogP contribution in [0, 0.1) is 188 Å². The van der Waals surface area contributed by atoms with E-state index < -0.39 is 0 Å². The number of hydrogen-bond donors (Lipinski definition) is 0. The second kappa shape index (κ2) is 37.7. The van der Waals surface area contributed by atoms with Crippen molar-refractivity contribution in [2.24, 2.45) is 188 Å². The van der Waals surface area contributed by atoms with Crippen LogP contribution in [0.5, 0.6) is 0 Å². The Morgan fingerprint density at radius 1 is 0.290 bits per heavy atom. The Hall–Kier alpha value is 0. The van der Waals surface area contributed by atoms with Gasteiger partial charge < -0.3 is 0 Å². The highest BCUT2D eigenvalue weighted by Crippen LogP contribution is 2.62. The summed E-state index contributed by atoms with van der Waals surface area (Å²) in [6.07, 6.45) is 46.3. The molecule has 0 aliphatic heterocycles. The van der Waals surface area contributed by atoms with Crippen LogP contribution in [-0.2, 0) is 0 Å². The second-order valence-electron chi connectivity index (χ2n) is 54.0. The van der Waals surface area contributed by atoms with Crippen molar-refractivity contribution in [1.82, 2.24) is 0 Å². The van der Waals surface area contributed by atoms with E-state index in [0.29, 0.717) is 81.2 Å². The summed E-state index contributed by atoms with van der Waals surface area (Å²) in [5.41, 5.74) is 8.78. The normalized spacial score (nSPS) is 35.9. The van der Waals surface area contributed by atoms with E-state index in [1.807, 2.05) is 0 Å². The Kier molecular flexibility index (Phi) is 35.0. The maximum Gasteiger partial charge on any atom is -0.0288 e. The van der Waals surface area contributed by atoms with E-state index in [1.54, 1.807) is 25.7 Å². The summed E-state index contributed by atoms with van der Waals surface area (Å²) in [4.78, 5) is 0. The van der Waals surface area contributed by atoms with Gasteiger partial charge in [-0.15, -0.1) is 0 Å². The molecule has 6 bridgehead atoms. The van der Waals surface area contributed by atoms with Crippen molar-refractivity contribution in [3.63, 3.8) is 0 Å². The Morgan fingerprint density at radius 2 is 0.636 bits per heavy atom. The fraction of sp³-hybridized carbons (Fsp3) is 1.00. The van der Waals surface area contributed by atoms with Gasteiger partial charge in [-0.25, -0.2) is 0 Å². The van der Waals surface area contributed by atoms with E-state index in [4.69, 9.17) is 0 Å². The lowest BCUT2D eigenvalue weighted by Gasteiger charge is -2.49. The highest BCUT2D eigenvalue weighted by molar-refractivity contribution is 5.02. The lowest BCUT2D eigenvalue weighted by Crippen LogP contribution is -2.38. The van der Waals surface area contributed by atoms with Gasteiger partial charge in [-0.2, -0.15) is 0 Å². The fourth-order valence-corrected chi connectivity index (χ4v) is 31.2. The minimum absolute atomic E-state index is 0.547. The number of rotatable bonds is 4. The Labute approximate surface area is 679 Å². The molecule has 0 amide bonds. The lowest BCUT2D eigenvalue weighted by molar-refractivity contribution is 0.0202. The predicted molar refractivity (Wildman–Crippen MR) is 485 cm³/mol. The van der Waals surface area contributed by atoms with Crippen LogP contribution in [0.15, 0.2) is 0 Å². The molecule has 13 saturated carbocycles. The zero-order chi connectivity index (χ0) is 82.5. The van der Waals surface area contributed by atoms with Gasteiger partial charge in [0.15, 0.2) is 0 Å². The van der Waals surface area contributed by atoms with Gasteiger partial charge in [0.25, 0.3) is 0 Å². The molecule has 0 heteroatoms.